The Morgan fingerprint density at radius 1 is 1.03 bits per heavy atom. The highest BCUT2D eigenvalue weighted by Crippen LogP contribution is 2.29. The van der Waals surface area contributed by atoms with Crippen molar-refractivity contribution in [1.82, 2.24) is 20.1 Å². The number of ether oxygens (including phenoxy) is 1. The van der Waals surface area contributed by atoms with Gasteiger partial charge in [-0.05, 0) is 51.9 Å². The van der Waals surface area contributed by atoms with Crippen molar-refractivity contribution in [3.8, 4) is 0 Å². The zero-order chi connectivity index (χ0) is 20.2. The van der Waals surface area contributed by atoms with Gasteiger partial charge in [0.05, 0.1) is 6.10 Å². The van der Waals surface area contributed by atoms with Gasteiger partial charge in [-0.1, -0.05) is 0 Å². The molecule has 4 heterocycles. The highest BCUT2D eigenvalue weighted by atomic mass is 16.5. The fourth-order valence-corrected chi connectivity index (χ4v) is 4.48. The third-order valence-electron chi connectivity index (χ3n) is 6.30. The summed E-state index contributed by atoms with van der Waals surface area (Å²) in [4.78, 5) is 33.5. The van der Waals surface area contributed by atoms with Crippen LogP contribution in [0.4, 0.5) is 4.79 Å². The lowest BCUT2D eigenvalue weighted by Gasteiger charge is -2.31. The highest BCUT2D eigenvalue weighted by Gasteiger charge is 2.30. The molecule has 3 fully saturated rings. The van der Waals surface area contributed by atoms with E-state index in [0.29, 0.717) is 37.0 Å². The highest BCUT2D eigenvalue weighted by molar-refractivity contribution is 5.93. The molecule has 1 N–H and O–H groups in total. The van der Waals surface area contributed by atoms with Crippen LogP contribution < -0.4 is 5.32 Å². The number of nitrogens with one attached hydrogen (secondary N) is 1. The maximum atomic E-state index is 12.8. The van der Waals surface area contributed by atoms with Gasteiger partial charge in [-0.25, -0.2) is 9.78 Å². The molecule has 1 atom stereocenters. The summed E-state index contributed by atoms with van der Waals surface area (Å²) in [7, 11) is 0. The van der Waals surface area contributed by atoms with Crippen LogP contribution in [0.1, 0.15) is 73.0 Å². The first-order valence-electron chi connectivity index (χ1n) is 11.0. The lowest BCUT2D eigenvalue weighted by molar-refractivity contribution is 0.0717. The number of piperidine rings is 2. The molecule has 3 amide bonds. The number of rotatable bonds is 4. The van der Waals surface area contributed by atoms with Crippen molar-refractivity contribution in [1.29, 1.82) is 0 Å². The predicted molar refractivity (Wildman–Crippen MR) is 107 cm³/mol. The second-order valence-corrected chi connectivity index (χ2v) is 8.39. The van der Waals surface area contributed by atoms with Gasteiger partial charge in [0.1, 0.15) is 5.76 Å². The summed E-state index contributed by atoms with van der Waals surface area (Å²) in [6.07, 6.45) is 7.14. The third-order valence-corrected chi connectivity index (χ3v) is 6.30. The fraction of sp³-hybridized carbons (Fsp3) is 0.762. The zero-order valence-electron chi connectivity index (χ0n) is 17.3. The number of oxazole rings is 1. The molecule has 29 heavy (non-hydrogen) atoms. The Morgan fingerprint density at radius 3 is 2.48 bits per heavy atom. The van der Waals surface area contributed by atoms with Crippen LogP contribution in [0.2, 0.25) is 0 Å². The zero-order valence-corrected chi connectivity index (χ0v) is 17.3. The molecule has 8 heteroatoms. The number of carbonyl (C=O) groups is 2. The molecular formula is C21H32N4O4. The van der Waals surface area contributed by atoms with Gasteiger partial charge in [0.2, 0.25) is 0 Å². The van der Waals surface area contributed by atoms with Crippen molar-refractivity contribution in [3.63, 3.8) is 0 Å². The van der Waals surface area contributed by atoms with E-state index in [2.05, 4.69) is 10.3 Å². The summed E-state index contributed by atoms with van der Waals surface area (Å²) in [6.45, 7) is 6.14. The number of likely N-dealkylation sites (tertiary alicyclic amines) is 2. The molecule has 0 bridgehead atoms. The number of hydrogen-bond acceptors (Lipinski definition) is 5. The Kier molecular flexibility index (Phi) is 6.37. The number of carbonyl (C=O) groups excluding carboxylic acids is 2. The van der Waals surface area contributed by atoms with Gasteiger partial charge in [-0.2, -0.15) is 0 Å². The van der Waals surface area contributed by atoms with E-state index in [1.165, 1.54) is 6.42 Å². The van der Waals surface area contributed by atoms with Crippen LogP contribution in [-0.2, 0) is 4.74 Å². The summed E-state index contributed by atoms with van der Waals surface area (Å²) in [5, 5.41) is 2.99. The van der Waals surface area contributed by atoms with Crippen LogP contribution in [0, 0.1) is 6.92 Å². The van der Waals surface area contributed by atoms with E-state index in [1.54, 1.807) is 0 Å². The number of urea groups is 1. The smallest absolute Gasteiger partial charge is 0.317 e. The second-order valence-electron chi connectivity index (χ2n) is 8.39. The van der Waals surface area contributed by atoms with Crippen LogP contribution in [0.3, 0.4) is 0 Å². The molecule has 0 aliphatic carbocycles. The van der Waals surface area contributed by atoms with Crippen molar-refractivity contribution >= 4 is 11.9 Å². The molecule has 3 aliphatic rings. The van der Waals surface area contributed by atoms with E-state index in [0.717, 1.165) is 58.2 Å². The topological polar surface area (TPSA) is 87.9 Å². The summed E-state index contributed by atoms with van der Waals surface area (Å²) in [5.74, 6) is 1.39. The Morgan fingerprint density at radius 2 is 1.79 bits per heavy atom. The van der Waals surface area contributed by atoms with Crippen molar-refractivity contribution in [2.24, 2.45) is 0 Å². The molecule has 1 aromatic rings. The molecule has 8 nitrogen and oxygen atoms in total. The Balaban J connectivity index is 1.29. The maximum absolute atomic E-state index is 12.8. The SMILES string of the molecule is Cc1oc(C2CCN(C(=O)NCC3CCCO3)CC2)nc1C(=O)N1CCCCC1. The van der Waals surface area contributed by atoms with Gasteiger partial charge < -0.3 is 24.3 Å². The number of amides is 3. The van der Waals surface area contributed by atoms with E-state index >= 15 is 0 Å². The Bertz CT molecular complexity index is 714. The van der Waals surface area contributed by atoms with Crippen LogP contribution >= 0.6 is 0 Å². The molecule has 3 aliphatic heterocycles. The average molecular weight is 405 g/mol. The van der Waals surface area contributed by atoms with Gasteiger partial charge in [-0.15, -0.1) is 0 Å². The van der Waals surface area contributed by atoms with Crippen molar-refractivity contribution in [2.45, 2.75) is 63.9 Å². The molecule has 0 saturated carbocycles. The number of nitrogens with zero attached hydrogens (tertiary/aromatic N) is 3. The maximum Gasteiger partial charge on any atom is 0.317 e. The lowest BCUT2D eigenvalue weighted by atomic mass is 9.97. The van der Waals surface area contributed by atoms with Gasteiger partial charge in [0.15, 0.2) is 11.6 Å². The molecule has 0 aromatic carbocycles. The largest absolute Gasteiger partial charge is 0.445 e. The standard InChI is InChI=1S/C21H32N4O4/c1-15-18(20(26)24-9-3-2-4-10-24)23-19(29-15)16-7-11-25(12-8-16)21(27)22-14-17-6-5-13-28-17/h16-17H,2-14H2,1H3,(H,22,27). The van der Waals surface area contributed by atoms with Gasteiger partial charge in [0, 0.05) is 45.2 Å². The van der Waals surface area contributed by atoms with Crippen molar-refractivity contribution in [2.75, 3.05) is 39.3 Å². The van der Waals surface area contributed by atoms with E-state index in [1.807, 2.05) is 16.7 Å². The van der Waals surface area contributed by atoms with E-state index in [9.17, 15) is 9.59 Å². The second kappa shape index (κ2) is 9.15. The van der Waals surface area contributed by atoms with Gasteiger partial charge >= 0.3 is 6.03 Å². The number of aryl methyl sites for hydroxylation is 1. The molecule has 1 unspecified atom stereocenters. The molecule has 1 aromatic heterocycles. The van der Waals surface area contributed by atoms with E-state index in [-0.39, 0.29) is 24.0 Å². The first-order valence-corrected chi connectivity index (χ1v) is 11.0. The first-order chi connectivity index (χ1) is 14.1. The van der Waals surface area contributed by atoms with Crippen molar-refractivity contribution < 1.29 is 18.7 Å². The van der Waals surface area contributed by atoms with Crippen LogP contribution in [0.5, 0.6) is 0 Å². The van der Waals surface area contributed by atoms with Crippen LogP contribution in [0.25, 0.3) is 0 Å². The predicted octanol–water partition coefficient (Wildman–Crippen LogP) is 2.68. The van der Waals surface area contributed by atoms with Crippen molar-refractivity contribution in [3.05, 3.63) is 17.3 Å². The molecular weight excluding hydrogens is 372 g/mol. The monoisotopic (exact) mass is 404 g/mol. The number of aromatic nitrogens is 1. The molecule has 3 saturated heterocycles. The van der Waals surface area contributed by atoms with Gasteiger partial charge in [-0.3, -0.25) is 4.79 Å². The average Bonchev–Trinajstić information content (AvgIpc) is 3.42. The Hall–Kier alpha value is -2.09. The quantitative estimate of drug-likeness (QED) is 0.834. The summed E-state index contributed by atoms with van der Waals surface area (Å²) in [6, 6.07) is -0.0245. The minimum Gasteiger partial charge on any atom is -0.445 e. The van der Waals surface area contributed by atoms with Gasteiger partial charge in [0.25, 0.3) is 5.91 Å². The molecule has 0 spiro atoms. The molecule has 160 valence electrons. The molecule has 0 radical (unpaired) electrons. The minimum atomic E-state index is -0.0245. The molecule has 4 rings (SSSR count). The van der Waals surface area contributed by atoms with E-state index < -0.39 is 0 Å². The van der Waals surface area contributed by atoms with Crippen LogP contribution in [0.15, 0.2) is 4.42 Å². The fourth-order valence-electron chi connectivity index (χ4n) is 4.48. The summed E-state index contributed by atoms with van der Waals surface area (Å²) >= 11 is 0. The van der Waals surface area contributed by atoms with Crippen LogP contribution in [-0.4, -0.2) is 72.2 Å². The summed E-state index contributed by atoms with van der Waals surface area (Å²) in [5.41, 5.74) is 0.457. The minimum absolute atomic E-state index is 0.0110. The summed E-state index contributed by atoms with van der Waals surface area (Å²) < 4.78 is 11.4. The third kappa shape index (κ3) is 4.74. The normalized spacial score (nSPS) is 23.4. The van der Waals surface area contributed by atoms with E-state index in [4.69, 9.17) is 9.15 Å². The number of hydrogen-bond donors (Lipinski definition) is 1. The first kappa shape index (κ1) is 20.2. The lowest BCUT2D eigenvalue weighted by Crippen LogP contribution is -2.46. The Labute approximate surface area is 172 Å².